The van der Waals surface area contributed by atoms with Crippen molar-refractivity contribution in [3.05, 3.63) is 47.3 Å². The van der Waals surface area contributed by atoms with E-state index in [-0.39, 0.29) is 5.91 Å². The van der Waals surface area contributed by atoms with Crippen LogP contribution in [0.25, 0.3) is 5.69 Å². The standard InChI is InChI=1S/C18H23N3O/c1-13-17(10-11-18(22)19-12-15-8-9-15)14(2)21(20-13)16-6-4-3-5-7-16/h3-7,15H,8-12H2,1-2H3,(H,19,22). The largest absolute Gasteiger partial charge is 0.356 e. The normalized spacial score (nSPS) is 14.1. The highest BCUT2D eigenvalue weighted by Crippen LogP contribution is 2.27. The summed E-state index contributed by atoms with van der Waals surface area (Å²) in [4.78, 5) is 11.9. The van der Waals surface area contributed by atoms with Crippen LogP contribution in [-0.4, -0.2) is 22.2 Å². The topological polar surface area (TPSA) is 46.9 Å². The van der Waals surface area contributed by atoms with Gasteiger partial charge in [0.1, 0.15) is 0 Å². The molecule has 0 bridgehead atoms. The molecule has 1 aliphatic rings. The van der Waals surface area contributed by atoms with E-state index in [2.05, 4.69) is 17.3 Å². The van der Waals surface area contributed by atoms with E-state index in [9.17, 15) is 4.79 Å². The molecule has 1 N–H and O–H groups in total. The Bertz CT molecular complexity index is 656. The number of hydrogen-bond donors (Lipinski definition) is 1. The molecule has 1 heterocycles. The summed E-state index contributed by atoms with van der Waals surface area (Å²) in [5, 5.41) is 7.65. The summed E-state index contributed by atoms with van der Waals surface area (Å²) in [5.74, 6) is 0.881. The van der Waals surface area contributed by atoms with Gasteiger partial charge >= 0.3 is 0 Å². The van der Waals surface area contributed by atoms with E-state index in [4.69, 9.17) is 0 Å². The second kappa shape index (κ2) is 6.34. The summed E-state index contributed by atoms with van der Waals surface area (Å²) in [6, 6.07) is 10.1. The molecule has 0 unspecified atom stereocenters. The molecule has 2 aromatic rings. The summed E-state index contributed by atoms with van der Waals surface area (Å²) in [6.07, 6.45) is 3.82. The Kier molecular flexibility index (Phi) is 4.27. The molecule has 1 amide bonds. The number of amides is 1. The second-order valence-electron chi connectivity index (χ2n) is 6.14. The van der Waals surface area contributed by atoms with Gasteiger partial charge in [0.2, 0.25) is 5.91 Å². The first kappa shape index (κ1) is 14.8. The summed E-state index contributed by atoms with van der Waals surface area (Å²) < 4.78 is 1.97. The number of aryl methyl sites for hydroxylation is 1. The van der Waals surface area contributed by atoms with Crippen LogP contribution < -0.4 is 5.32 Å². The first-order chi connectivity index (χ1) is 10.6. The Hall–Kier alpha value is -2.10. The van der Waals surface area contributed by atoms with Crippen molar-refractivity contribution in [1.29, 1.82) is 0 Å². The van der Waals surface area contributed by atoms with Crippen molar-refractivity contribution >= 4 is 5.91 Å². The van der Waals surface area contributed by atoms with Crippen LogP contribution in [0.5, 0.6) is 0 Å². The molecule has 1 fully saturated rings. The highest BCUT2D eigenvalue weighted by Gasteiger charge is 2.21. The number of benzene rings is 1. The van der Waals surface area contributed by atoms with Crippen molar-refractivity contribution in [2.75, 3.05) is 6.54 Å². The van der Waals surface area contributed by atoms with Crippen LogP contribution in [0.2, 0.25) is 0 Å². The van der Waals surface area contributed by atoms with Gasteiger partial charge in [0.25, 0.3) is 0 Å². The van der Waals surface area contributed by atoms with Gasteiger partial charge in [-0.05, 0) is 56.7 Å². The van der Waals surface area contributed by atoms with Crippen LogP contribution in [0.1, 0.15) is 36.2 Å². The minimum atomic E-state index is 0.151. The van der Waals surface area contributed by atoms with E-state index < -0.39 is 0 Å². The fourth-order valence-electron chi connectivity index (χ4n) is 2.76. The predicted octanol–water partition coefficient (Wildman–Crippen LogP) is 2.95. The van der Waals surface area contributed by atoms with Crippen molar-refractivity contribution in [3.63, 3.8) is 0 Å². The van der Waals surface area contributed by atoms with Gasteiger partial charge in [-0.2, -0.15) is 5.10 Å². The fraction of sp³-hybridized carbons (Fsp3) is 0.444. The molecular weight excluding hydrogens is 274 g/mol. The zero-order valence-electron chi connectivity index (χ0n) is 13.3. The maximum Gasteiger partial charge on any atom is 0.220 e. The summed E-state index contributed by atoms with van der Waals surface area (Å²) >= 11 is 0. The van der Waals surface area contributed by atoms with Gasteiger partial charge in [0, 0.05) is 18.7 Å². The lowest BCUT2D eigenvalue weighted by Crippen LogP contribution is -2.25. The number of carbonyl (C=O) groups excluding carboxylic acids is 1. The number of para-hydroxylation sites is 1. The molecule has 3 rings (SSSR count). The number of aromatic nitrogens is 2. The molecule has 0 saturated heterocycles. The molecule has 0 aliphatic heterocycles. The molecule has 0 spiro atoms. The lowest BCUT2D eigenvalue weighted by atomic mass is 10.1. The SMILES string of the molecule is Cc1nn(-c2ccccc2)c(C)c1CCC(=O)NCC1CC1. The van der Waals surface area contributed by atoms with Crippen molar-refractivity contribution in [3.8, 4) is 5.69 Å². The van der Waals surface area contributed by atoms with Gasteiger partial charge in [-0.15, -0.1) is 0 Å². The number of nitrogens with one attached hydrogen (secondary N) is 1. The molecule has 4 nitrogen and oxygen atoms in total. The molecule has 0 radical (unpaired) electrons. The second-order valence-corrected chi connectivity index (χ2v) is 6.14. The quantitative estimate of drug-likeness (QED) is 0.891. The third-order valence-electron chi connectivity index (χ3n) is 4.33. The van der Waals surface area contributed by atoms with E-state index in [1.54, 1.807) is 0 Å². The summed E-state index contributed by atoms with van der Waals surface area (Å²) in [7, 11) is 0. The van der Waals surface area contributed by atoms with Crippen molar-refractivity contribution in [2.24, 2.45) is 5.92 Å². The average Bonchev–Trinajstić information content (AvgIpc) is 3.31. The number of hydrogen-bond acceptors (Lipinski definition) is 2. The fourth-order valence-corrected chi connectivity index (χ4v) is 2.76. The first-order valence-corrected chi connectivity index (χ1v) is 8.02. The highest BCUT2D eigenvalue weighted by atomic mass is 16.1. The van der Waals surface area contributed by atoms with Crippen LogP contribution in [0, 0.1) is 19.8 Å². The molecule has 4 heteroatoms. The van der Waals surface area contributed by atoms with Crippen LogP contribution in [0.15, 0.2) is 30.3 Å². The van der Waals surface area contributed by atoms with Gasteiger partial charge in [0.05, 0.1) is 11.4 Å². The van der Waals surface area contributed by atoms with Crippen molar-refractivity contribution in [1.82, 2.24) is 15.1 Å². The molecular formula is C18H23N3O. The Labute approximate surface area is 131 Å². The molecule has 116 valence electrons. The zero-order valence-corrected chi connectivity index (χ0v) is 13.3. The summed E-state index contributed by atoms with van der Waals surface area (Å²) in [6.45, 7) is 4.94. The Morgan fingerprint density at radius 2 is 2.00 bits per heavy atom. The molecule has 1 aliphatic carbocycles. The minimum absolute atomic E-state index is 0.151. The predicted molar refractivity (Wildman–Crippen MR) is 87.1 cm³/mol. The molecule has 1 aromatic carbocycles. The zero-order chi connectivity index (χ0) is 15.5. The molecule has 1 aromatic heterocycles. The average molecular weight is 297 g/mol. The van der Waals surface area contributed by atoms with E-state index in [1.165, 1.54) is 18.4 Å². The minimum Gasteiger partial charge on any atom is -0.356 e. The van der Waals surface area contributed by atoms with E-state index >= 15 is 0 Å². The molecule has 22 heavy (non-hydrogen) atoms. The smallest absolute Gasteiger partial charge is 0.220 e. The maximum atomic E-state index is 11.9. The Morgan fingerprint density at radius 3 is 2.68 bits per heavy atom. The Balaban J connectivity index is 1.66. The van der Waals surface area contributed by atoms with E-state index in [0.717, 1.165) is 36.0 Å². The summed E-state index contributed by atoms with van der Waals surface area (Å²) in [5.41, 5.74) is 4.38. The monoisotopic (exact) mass is 297 g/mol. The van der Waals surface area contributed by atoms with Crippen molar-refractivity contribution in [2.45, 2.75) is 39.5 Å². The maximum absolute atomic E-state index is 11.9. The lowest BCUT2D eigenvalue weighted by Gasteiger charge is -2.06. The van der Waals surface area contributed by atoms with Gasteiger partial charge in [-0.25, -0.2) is 4.68 Å². The van der Waals surface area contributed by atoms with Gasteiger partial charge in [-0.3, -0.25) is 4.79 Å². The third kappa shape index (κ3) is 3.38. The van der Waals surface area contributed by atoms with Gasteiger partial charge in [-0.1, -0.05) is 18.2 Å². The van der Waals surface area contributed by atoms with Crippen LogP contribution in [0.4, 0.5) is 0 Å². The molecule has 0 atom stereocenters. The van der Waals surface area contributed by atoms with Crippen LogP contribution in [-0.2, 0) is 11.2 Å². The van der Waals surface area contributed by atoms with Gasteiger partial charge < -0.3 is 5.32 Å². The van der Waals surface area contributed by atoms with Crippen LogP contribution in [0.3, 0.4) is 0 Å². The van der Waals surface area contributed by atoms with Crippen molar-refractivity contribution < 1.29 is 4.79 Å². The van der Waals surface area contributed by atoms with Gasteiger partial charge in [0.15, 0.2) is 0 Å². The van der Waals surface area contributed by atoms with Crippen LogP contribution >= 0.6 is 0 Å². The highest BCUT2D eigenvalue weighted by molar-refractivity contribution is 5.76. The number of rotatable bonds is 6. The van der Waals surface area contributed by atoms with E-state index in [1.807, 2.05) is 41.9 Å². The number of nitrogens with zero attached hydrogens (tertiary/aromatic N) is 2. The lowest BCUT2D eigenvalue weighted by molar-refractivity contribution is -0.121. The van der Waals surface area contributed by atoms with E-state index in [0.29, 0.717) is 6.42 Å². The Morgan fingerprint density at radius 1 is 1.27 bits per heavy atom. The number of carbonyl (C=O) groups is 1. The third-order valence-corrected chi connectivity index (χ3v) is 4.33. The first-order valence-electron chi connectivity index (χ1n) is 8.02. The molecule has 1 saturated carbocycles.